The first kappa shape index (κ1) is 8.37. The Hall–Kier alpha value is 0.270. The van der Waals surface area contributed by atoms with Gasteiger partial charge in [-0.25, -0.2) is 10.4 Å². The fourth-order valence-electron chi connectivity index (χ4n) is 1.46. The van der Waals surface area contributed by atoms with Gasteiger partial charge in [0.15, 0.2) is 0 Å². The van der Waals surface area contributed by atoms with Crippen LogP contribution in [0, 0.1) is 0 Å². The summed E-state index contributed by atoms with van der Waals surface area (Å²) in [6, 6.07) is 0. The van der Waals surface area contributed by atoms with Crippen molar-refractivity contribution in [2.75, 3.05) is 13.6 Å². The lowest BCUT2D eigenvalue weighted by atomic mass is 10.4. The average molecular weight is 160 g/mol. The zero-order valence-electron chi connectivity index (χ0n) is 7.14. The topological polar surface area (TPSA) is 15.3 Å². The van der Waals surface area contributed by atoms with Crippen LogP contribution >= 0.6 is 11.8 Å². The van der Waals surface area contributed by atoms with Crippen molar-refractivity contribution < 1.29 is 0 Å². The number of rotatable bonds is 0. The molecule has 0 aromatic carbocycles. The Balaban J connectivity index is 2.51. The molecule has 0 aromatic heterocycles. The molecular formula is C7H16N2S. The van der Waals surface area contributed by atoms with Crippen LogP contribution in [0.15, 0.2) is 0 Å². The number of hydrazine groups is 1. The second kappa shape index (κ2) is 2.72. The average Bonchev–Trinajstić information content (AvgIpc) is 1.54. The molecule has 1 aliphatic heterocycles. The van der Waals surface area contributed by atoms with E-state index in [2.05, 4.69) is 38.3 Å². The Morgan fingerprint density at radius 2 is 2.20 bits per heavy atom. The van der Waals surface area contributed by atoms with Gasteiger partial charge >= 0.3 is 0 Å². The summed E-state index contributed by atoms with van der Waals surface area (Å²) in [7, 11) is 2.10. The highest BCUT2D eigenvalue weighted by atomic mass is 32.2. The van der Waals surface area contributed by atoms with Crippen LogP contribution in [0.25, 0.3) is 0 Å². The van der Waals surface area contributed by atoms with Crippen molar-refractivity contribution in [2.45, 2.75) is 30.9 Å². The van der Waals surface area contributed by atoms with Gasteiger partial charge in [0.05, 0.1) is 4.87 Å². The molecule has 60 valence electrons. The second-order valence-corrected chi connectivity index (χ2v) is 5.49. The molecule has 2 nitrogen and oxygen atoms in total. The second-order valence-electron chi connectivity index (χ2n) is 3.43. The Morgan fingerprint density at radius 1 is 1.60 bits per heavy atom. The van der Waals surface area contributed by atoms with E-state index in [1.54, 1.807) is 0 Å². The zero-order valence-corrected chi connectivity index (χ0v) is 7.96. The highest BCUT2D eigenvalue weighted by Crippen LogP contribution is 2.29. The fourth-order valence-corrected chi connectivity index (χ4v) is 2.97. The van der Waals surface area contributed by atoms with Crippen molar-refractivity contribution in [3.05, 3.63) is 0 Å². The van der Waals surface area contributed by atoms with E-state index >= 15 is 0 Å². The largest absolute Gasteiger partial charge is 0.245 e. The van der Waals surface area contributed by atoms with E-state index in [1.807, 2.05) is 11.8 Å². The predicted molar refractivity (Wildman–Crippen MR) is 46.9 cm³/mol. The van der Waals surface area contributed by atoms with Crippen molar-refractivity contribution in [3.63, 3.8) is 0 Å². The van der Waals surface area contributed by atoms with Crippen LogP contribution in [0.4, 0.5) is 0 Å². The molecule has 1 heterocycles. The molecule has 0 radical (unpaired) electrons. The lowest BCUT2D eigenvalue weighted by Crippen LogP contribution is -2.54. The highest BCUT2D eigenvalue weighted by Gasteiger charge is 2.28. The quantitative estimate of drug-likeness (QED) is 0.575. The van der Waals surface area contributed by atoms with E-state index in [-0.39, 0.29) is 4.87 Å². The summed E-state index contributed by atoms with van der Waals surface area (Å²) in [6.07, 6.45) is 0. The Bertz CT molecular complexity index is 113. The first-order chi connectivity index (χ1) is 4.49. The number of thioether (sulfide) groups is 1. The molecular weight excluding hydrogens is 144 g/mol. The minimum atomic E-state index is 0.215. The zero-order chi connectivity index (χ0) is 7.78. The van der Waals surface area contributed by atoms with Gasteiger partial charge in [-0.2, -0.15) is 0 Å². The van der Waals surface area contributed by atoms with E-state index in [1.165, 1.54) is 0 Å². The van der Waals surface area contributed by atoms with Crippen molar-refractivity contribution in [1.82, 2.24) is 10.4 Å². The van der Waals surface area contributed by atoms with Crippen LogP contribution in [0.5, 0.6) is 0 Å². The van der Waals surface area contributed by atoms with Gasteiger partial charge in [0, 0.05) is 18.8 Å². The molecule has 0 spiro atoms. The van der Waals surface area contributed by atoms with Gasteiger partial charge < -0.3 is 0 Å². The summed E-state index contributed by atoms with van der Waals surface area (Å²) in [5, 5.41) is 2.91. The van der Waals surface area contributed by atoms with Gasteiger partial charge in [0.25, 0.3) is 0 Å². The molecule has 3 heteroatoms. The molecule has 0 amide bonds. The van der Waals surface area contributed by atoms with Crippen LogP contribution in [0.2, 0.25) is 0 Å². The highest BCUT2D eigenvalue weighted by molar-refractivity contribution is 8.01. The summed E-state index contributed by atoms with van der Waals surface area (Å²) in [5.74, 6) is 0. The molecule has 1 fully saturated rings. The number of hydrogen-bond acceptors (Lipinski definition) is 3. The molecule has 0 aliphatic carbocycles. The van der Waals surface area contributed by atoms with Gasteiger partial charge in [0.2, 0.25) is 0 Å². The van der Waals surface area contributed by atoms with Gasteiger partial charge in [-0.1, -0.05) is 6.92 Å². The van der Waals surface area contributed by atoms with Gasteiger partial charge in [-0.15, -0.1) is 11.8 Å². The van der Waals surface area contributed by atoms with E-state index in [0.29, 0.717) is 0 Å². The fraction of sp³-hybridized carbons (Fsp3) is 1.00. The number of nitrogens with one attached hydrogen (secondary N) is 1. The first-order valence-corrected chi connectivity index (χ1v) is 4.54. The smallest absolute Gasteiger partial charge is 0.0723 e. The maximum Gasteiger partial charge on any atom is 0.0723 e. The monoisotopic (exact) mass is 160 g/mol. The Labute approximate surface area is 67.3 Å². The van der Waals surface area contributed by atoms with Crippen molar-refractivity contribution in [2.24, 2.45) is 0 Å². The van der Waals surface area contributed by atoms with Crippen LogP contribution in [0.1, 0.15) is 20.8 Å². The molecule has 1 unspecified atom stereocenters. The van der Waals surface area contributed by atoms with Crippen molar-refractivity contribution >= 4 is 11.8 Å². The third kappa shape index (κ3) is 2.15. The number of nitrogens with zero attached hydrogens (tertiary/aromatic N) is 1. The Kier molecular flexibility index (Phi) is 2.28. The minimum absolute atomic E-state index is 0.215. The van der Waals surface area contributed by atoms with E-state index < -0.39 is 0 Å². The van der Waals surface area contributed by atoms with Gasteiger partial charge in [-0.3, -0.25) is 0 Å². The molecule has 10 heavy (non-hydrogen) atoms. The summed E-state index contributed by atoms with van der Waals surface area (Å²) < 4.78 is 0. The maximum atomic E-state index is 3.38. The molecule has 1 rings (SSSR count). The molecule has 1 aliphatic rings. The van der Waals surface area contributed by atoms with Crippen molar-refractivity contribution in [3.8, 4) is 0 Å². The minimum Gasteiger partial charge on any atom is -0.245 e. The molecule has 0 bridgehead atoms. The molecule has 1 saturated heterocycles. The molecule has 1 N–H and O–H groups in total. The van der Waals surface area contributed by atoms with Crippen LogP contribution in [0.3, 0.4) is 0 Å². The maximum absolute atomic E-state index is 3.38. The third-order valence-electron chi connectivity index (χ3n) is 1.49. The molecule has 0 aromatic rings. The van der Waals surface area contributed by atoms with E-state index in [0.717, 1.165) is 11.8 Å². The van der Waals surface area contributed by atoms with Crippen LogP contribution in [-0.4, -0.2) is 28.7 Å². The standard InChI is InChI=1S/C7H16N2S/c1-6-5-9(4)8-7(2,3)10-6/h6,8H,5H2,1-4H3. The van der Waals surface area contributed by atoms with Crippen LogP contribution in [-0.2, 0) is 0 Å². The first-order valence-electron chi connectivity index (χ1n) is 3.66. The number of hydrogen-bond donors (Lipinski definition) is 1. The molecule has 0 saturated carbocycles. The van der Waals surface area contributed by atoms with Gasteiger partial charge in [0.1, 0.15) is 0 Å². The summed E-state index contributed by atoms with van der Waals surface area (Å²) in [5.41, 5.74) is 3.38. The lowest BCUT2D eigenvalue weighted by molar-refractivity contribution is 0.186. The summed E-state index contributed by atoms with van der Waals surface area (Å²) in [6.45, 7) is 7.82. The van der Waals surface area contributed by atoms with Crippen molar-refractivity contribution in [1.29, 1.82) is 0 Å². The third-order valence-corrected chi connectivity index (χ3v) is 2.72. The Morgan fingerprint density at radius 3 is 2.60 bits per heavy atom. The summed E-state index contributed by atoms with van der Waals surface area (Å²) >= 11 is 1.99. The summed E-state index contributed by atoms with van der Waals surface area (Å²) in [4.78, 5) is 0.215. The molecule has 1 atom stereocenters. The lowest BCUT2D eigenvalue weighted by Gasteiger charge is -2.40. The SMILES string of the molecule is CC1CN(C)NC(C)(C)S1. The predicted octanol–water partition coefficient (Wildman–Crippen LogP) is 1.29. The van der Waals surface area contributed by atoms with E-state index in [4.69, 9.17) is 0 Å². The van der Waals surface area contributed by atoms with Crippen LogP contribution < -0.4 is 5.43 Å². The normalized spacial score (nSPS) is 34.2. The van der Waals surface area contributed by atoms with Gasteiger partial charge in [-0.05, 0) is 13.8 Å². The van der Waals surface area contributed by atoms with E-state index in [9.17, 15) is 0 Å².